The molecule has 3 aromatic rings. The zero-order chi connectivity index (χ0) is 21.8. The van der Waals surface area contributed by atoms with Crippen LogP contribution in [0, 0.1) is 6.92 Å². The monoisotopic (exact) mass is 455 g/mol. The first kappa shape index (κ1) is 21.9. The number of amides is 1. The predicted molar refractivity (Wildman–Crippen MR) is 110 cm³/mol. The van der Waals surface area contributed by atoms with E-state index < -0.39 is 12.5 Å². The molecule has 0 fully saturated rings. The van der Waals surface area contributed by atoms with Gasteiger partial charge >= 0.3 is 6.61 Å². The van der Waals surface area contributed by atoms with Crippen LogP contribution in [0.5, 0.6) is 11.5 Å². The van der Waals surface area contributed by atoms with Crippen LogP contribution in [0.4, 0.5) is 14.6 Å². The molecule has 2 aromatic carbocycles. The maximum absolute atomic E-state index is 12.6. The Bertz CT molecular complexity index is 1050. The van der Waals surface area contributed by atoms with E-state index in [1.807, 2.05) is 6.92 Å². The van der Waals surface area contributed by atoms with Crippen molar-refractivity contribution < 1.29 is 23.0 Å². The molecule has 1 N–H and O–H groups in total. The molecular weight excluding hydrogens is 439 g/mol. The number of hydrogen-bond donors (Lipinski definition) is 1. The second-order valence-electron chi connectivity index (χ2n) is 6.23. The highest BCUT2D eigenvalue weighted by atomic mass is 35.5. The first-order chi connectivity index (χ1) is 14.3. The number of nitrogens with one attached hydrogen (secondary N) is 1. The fourth-order valence-electron chi connectivity index (χ4n) is 2.76. The Labute approximate surface area is 181 Å². The van der Waals surface area contributed by atoms with Gasteiger partial charge in [0.2, 0.25) is 0 Å². The van der Waals surface area contributed by atoms with Crippen LogP contribution in [-0.4, -0.2) is 29.4 Å². The maximum atomic E-state index is 12.6. The van der Waals surface area contributed by atoms with Gasteiger partial charge in [0.25, 0.3) is 5.91 Å². The zero-order valence-corrected chi connectivity index (χ0v) is 17.5. The Hall–Kier alpha value is -2.84. The first-order valence-electron chi connectivity index (χ1n) is 8.70. The van der Waals surface area contributed by atoms with Gasteiger partial charge in [0, 0.05) is 32.9 Å². The Morgan fingerprint density at radius 2 is 1.87 bits per heavy atom. The van der Waals surface area contributed by atoms with E-state index in [9.17, 15) is 13.6 Å². The van der Waals surface area contributed by atoms with E-state index in [-0.39, 0.29) is 17.1 Å². The largest absolute Gasteiger partial charge is 0.493 e. The SMILES string of the molecule is COc1cc(C(=O)Nc2cc(C)n(Cc3c(Cl)cccc3Cl)n2)ccc1OC(F)F. The number of carbonyl (C=O) groups excluding carboxylic acids is 1. The van der Waals surface area contributed by atoms with Gasteiger partial charge in [-0.05, 0) is 37.3 Å². The molecule has 0 saturated carbocycles. The van der Waals surface area contributed by atoms with Gasteiger partial charge in [-0.25, -0.2) is 0 Å². The molecule has 1 amide bonds. The van der Waals surface area contributed by atoms with Crippen LogP contribution < -0.4 is 14.8 Å². The number of rotatable bonds is 7. The van der Waals surface area contributed by atoms with Gasteiger partial charge in [-0.1, -0.05) is 29.3 Å². The summed E-state index contributed by atoms with van der Waals surface area (Å²) in [5.41, 5.74) is 1.68. The number of aromatic nitrogens is 2. The minimum absolute atomic E-state index is 0.0121. The van der Waals surface area contributed by atoms with Crippen LogP contribution in [0.3, 0.4) is 0 Å². The lowest BCUT2D eigenvalue weighted by Crippen LogP contribution is -2.13. The summed E-state index contributed by atoms with van der Waals surface area (Å²) in [4.78, 5) is 12.6. The first-order valence-corrected chi connectivity index (χ1v) is 9.45. The Morgan fingerprint density at radius 3 is 2.50 bits per heavy atom. The van der Waals surface area contributed by atoms with Gasteiger partial charge in [0.15, 0.2) is 17.3 Å². The maximum Gasteiger partial charge on any atom is 0.387 e. The second kappa shape index (κ2) is 9.32. The molecule has 0 saturated heterocycles. The lowest BCUT2D eigenvalue weighted by Gasteiger charge is -2.11. The van der Waals surface area contributed by atoms with E-state index in [1.165, 1.54) is 25.3 Å². The number of halogens is 4. The second-order valence-corrected chi connectivity index (χ2v) is 7.04. The number of anilines is 1. The Morgan fingerprint density at radius 1 is 1.17 bits per heavy atom. The van der Waals surface area contributed by atoms with Crippen molar-refractivity contribution in [3.05, 3.63) is 69.3 Å². The number of benzene rings is 2. The summed E-state index contributed by atoms with van der Waals surface area (Å²) in [6.07, 6.45) is 0. The average molecular weight is 456 g/mol. The quantitative estimate of drug-likeness (QED) is 0.517. The standard InChI is InChI=1S/C20H17Cl2F2N3O3/c1-11-8-18(26-27(11)10-13-14(21)4-3-5-15(13)22)25-19(28)12-6-7-16(30-20(23)24)17(9-12)29-2/h3-9,20H,10H2,1-2H3,(H,25,26,28). The number of ether oxygens (including phenoxy) is 2. The van der Waals surface area contributed by atoms with Crippen molar-refractivity contribution in [1.82, 2.24) is 9.78 Å². The van der Waals surface area contributed by atoms with Gasteiger partial charge < -0.3 is 14.8 Å². The topological polar surface area (TPSA) is 65.4 Å². The third kappa shape index (κ3) is 5.01. The molecule has 0 atom stereocenters. The van der Waals surface area contributed by atoms with Crippen LogP contribution >= 0.6 is 23.2 Å². The van der Waals surface area contributed by atoms with Gasteiger partial charge in [0.05, 0.1) is 13.7 Å². The van der Waals surface area contributed by atoms with Gasteiger partial charge in [-0.15, -0.1) is 0 Å². The summed E-state index contributed by atoms with van der Waals surface area (Å²) in [7, 11) is 1.29. The van der Waals surface area contributed by atoms with E-state index in [0.717, 1.165) is 5.69 Å². The minimum atomic E-state index is -3.00. The van der Waals surface area contributed by atoms with Crippen molar-refractivity contribution in [2.75, 3.05) is 12.4 Å². The molecule has 0 radical (unpaired) electrons. The van der Waals surface area contributed by atoms with Crippen LogP contribution in [0.1, 0.15) is 21.6 Å². The molecule has 6 nitrogen and oxygen atoms in total. The summed E-state index contributed by atoms with van der Waals surface area (Å²) in [5, 5.41) is 8.06. The summed E-state index contributed by atoms with van der Waals surface area (Å²) in [5.74, 6) is -0.330. The number of aryl methyl sites for hydroxylation is 1. The third-order valence-electron chi connectivity index (χ3n) is 4.23. The van der Waals surface area contributed by atoms with E-state index in [0.29, 0.717) is 28.0 Å². The summed E-state index contributed by atoms with van der Waals surface area (Å²) in [6, 6.07) is 10.8. The summed E-state index contributed by atoms with van der Waals surface area (Å²) < 4.78 is 35.9. The highest BCUT2D eigenvalue weighted by Gasteiger charge is 2.16. The number of carbonyl (C=O) groups is 1. The van der Waals surface area contributed by atoms with Crippen molar-refractivity contribution in [1.29, 1.82) is 0 Å². The normalized spacial score (nSPS) is 10.9. The molecule has 0 aliphatic carbocycles. The van der Waals surface area contributed by atoms with E-state index in [4.69, 9.17) is 27.9 Å². The number of alkyl halides is 2. The van der Waals surface area contributed by atoms with E-state index in [1.54, 1.807) is 28.9 Å². The summed E-state index contributed by atoms with van der Waals surface area (Å²) in [6.45, 7) is -0.849. The Kier molecular flexibility index (Phi) is 6.79. The molecule has 10 heteroatoms. The fraction of sp³-hybridized carbons (Fsp3) is 0.200. The smallest absolute Gasteiger partial charge is 0.387 e. The lowest BCUT2D eigenvalue weighted by molar-refractivity contribution is -0.0512. The highest BCUT2D eigenvalue weighted by Crippen LogP contribution is 2.30. The minimum Gasteiger partial charge on any atom is -0.493 e. The van der Waals surface area contributed by atoms with Crippen LogP contribution in [0.25, 0.3) is 0 Å². The van der Waals surface area contributed by atoms with Gasteiger partial charge in [-0.3, -0.25) is 9.48 Å². The van der Waals surface area contributed by atoms with Crippen molar-refractivity contribution in [2.24, 2.45) is 0 Å². The van der Waals surface area contributed by atoms with Crippen LogP contribution in [-0.2, 0) is 6.54 Å². The molecule has 0 aliphatic rings. The number of hydrogen-bond acceptors (Lipinski definition) is 4. The van der Waals surface area contributed by atoms with E-state index in [2.05, 4.69) is 15.2 Å². The molecular formula is C20H17Cl2F2N3O3. The fourth-order valence-corrected chi connectivity index (χ4v) is 3.27. The highest BCUT2D eigenvalue weighted by molar-refractivity contribution is 6.35. The van der Waals surface area contributed by atoms with Gasteiger partial charge in [-0.2, -0.15) is 13.9 Å². The Balaban J connectivity index is 1.77. The molecule has 0 aliphatic heterocycles. The van der Waals surface area contributed by atoms with E-state index >= 15 is 0 Å². The molecule has 0 spiro atoms. The third-order valence-corrected chi connectivity index (χ3v) is 4.94. The molecule has 3 rings (SSSR count). The predicted octanol–water partition coefficient (Wildman–Crippen LogP) is 5.41. The molecule has 0 bridgehead atoms. The van der Waals surface area contributed by atoms with Crippen molar-refractivity contribution in [3.8, 4) is 11.5 Å². The van der Waals surface area contributed by atoms with Crippen molar-refractivity contribution in [2.45, 2.75) is 20.1 Å². The zero-order valence-electron chi connectivity index (χ0n) is 16.0. The van der Waals surface area contributed by atoms with Crippen LogP contribution in [0.2, 0.25) is 10.0 Å². The summed E-state index contributed by atoms with van der Waals surface area (Å²) >= 11 is 12.4. The van der Waals surface area contributed by atoms with Crippen LogP contribution in [0.15, 0.2) is 42.5 Å². The average Bonchev–Trinajstić information content (AvgIpc) is 3.03. The molecule has 1 heterocycles. The lowest BCUT2D eigenvalue weighted by atomic mass is 10.2. The van der Waals surface area contributed by atoms with Crippen molar-refractivity contribution >= 4 is 34.9 Å². The number of methoxy groups -OCH3 is 1. The van der Waals surface area contributed by atoms with Crippen molar-refractivity contribution in [3.63, 3.8) is 0 Å². The van der Waals surface area contributed by atoms with Gasteiger partial charge in [0.1, 0.15) is 0 Å². The number of nitrogens with zero attached hydrogens (tertiary/aromatic N) is 2. The molecule has 30 heavy (non-hydrogen) atoms. The molecule has 0 unspecified atom stereocenters. The molecule has 1 aromatic heterocycles. The molecule has 158 valence electrons.